The number of rotatable bonds is 4. The van der Waals surface area contributed by atoms with Crippen LogP contribution in [0, 0.1) is 0 Å². The van der Waals surface area contributed by atoms with E-state index in [4.69, 9.17) is 16.3 Å². The minimum absolute atomic E-state index is 0.0944. The Morgan fingerprint density at radius 2 is 2.04 bits per heavy atom. The van der Waals surface area contributed by atoms with Crippen LogP contribution in [0.25, 0.3) is 22.3 Å². The average molecular weight is 329 g/mol. The third-order valence-corrected chi connectivity index (χ3v) is 4.02. The average Bonchev–Trinajstić information content (AvgIpc) is 2.56. The van der Waals surface area contributed by atoms with Crippen LogP contribution in [0.15, 0.2) is 47.3 Å². The highest BCUT2D eigenvalue weighted by Gasteiger charge is 2.10. The maximum atomic E-state index is 12.2. The maximum absolute atomic E-state index is 12.2. The number of nitrogens with one attached hydrogen (secondary N) is 1. The van der Waals surface area contributed by atoms with Gasteiger partial charge in [-0.05, 0) is 43.7 Å². The van der Waals surface area contributed by atoms with Crippen LogP contribution in [-0.4, -0.2) is 16.1 Å². The van der Waals surface area contributed by atoms with E-state index in [9.17, 15) is 4.79 Å². The lowest BCUT2D eigenvalue weighted by atomic mass is 10.2. The Labute approximate surface area is 139 Å². The Bertz CT molecular complexity index is 905. The van der Waals surface area contributed by atoms with Gasteiger partial charge in [0.15, 0.2) is 0 Å². The molecule has 1 heterocycles. The van der Waals surface area contributed by atoms with E-state index in [0.717, 1.165) is 12.0 Å². The van der Waals surface area contributed by atoms with Crippen LogP contribution in [0.1, 0.15) is 20.3 Å². The number of benzene rings is 2. The number of nitrogens with zero attached hydrogens (tertiary/aromatic N) is 1. The van der Waals surface area contributed by atoms with Crippen LogP contribution in [0.5, 0.6) is 5.75 Å². The molecule has 4 nitrogen and oxygen atoms in total. The Kier molecular flexibility index (Phi) is 4.35. The zero-order chi connectivity index (χ0) is 16.4. The summed E-state index contributed by atoms with van der Waals surface area (Å²) in [6, 6.07) is 12.6. The van der Waals surface area contributed by atoms with Crippen LogP contribution in [-0.2, 0) is 0 Å². The van der Waals surface area contributed by atoms with Crippen molar-refractivity contribution in [1.82, 2.24) is 9.97 Å². The number of aromatic amines is 1. The topological polar surface area (TPSA) is 55.0 Å². The van der Waals surface area contributed by atoms with Crippen LogP contribution in [0.2, 0.25) is 5.02 Å². The number of ether oxygens (including phenoxy) is 1. The smallest absolute Gasteiger partial charge is 0.259 e. The van der Waals surface area contributed by atoms with Gasteiger partial charge in [0.1, 0.15) is 11.6 Å². The predicted molar refractivity (Wildman–Crippen MR) is 93.2 cm³/mol. The number of H-pyrrole nitrogens is 1. The van der Waals surface area contributed by atoms with Gasteiger partial charge in [-0.15, -0.1) is 0 Å². The van der Waals surface area contributed by atoms with Crippen molar-refractivity contribution in [2.24, 2.45) is 0 Å². The molecule has 3 aromatic rings. The Balaban J connectivity index is 2.02. The Morgan fingerprint density at radius 1 is 1.26 bits per heavy atom. The molecule has 1 N–H and O–H groups in total. The molecule has 23 heavy (non-hydrogen) atoms. The van der Waals surface area contributed by atoms with Crippen LogP contribution < -0.4 is 10.3 Å². The summed E-state index contributed by atoms with van der Waals surface area (Å²) in [5, 5.41) is 1.07. The molecule has 1 unspecified atom stereocenters. The second-order valence-electron chi connectivity index (χ2n) is 5.41. The first kappa shape index (κ1) is 15.6. The van der Waals surface area contributed by atoms with Crippen LogP contribution in [0.3, 0.4) is 0 Å². The van der Waals surface area contributed by atoms with Crippen molar-refractivity contribution in [3.05, 3.63) is 57.8 Å². The van der Waals surface area contributed by atoms with Gasteiger partial charge in [-0.3, -0.25) is 4.79 Å². The van der Waals surface area contributed by atoms with Gasteiger partial charge >= 0.3 is 0 Å². The van der Waals surface area contributed by atoms with Gasteiger partial charge in [-0.25, -0.2) is 4.98 Å². The lowest BCUT2D eigenvalue weighted by Gasteiger charge is -2.14. The van der Waals surface area contributed by atoms with E-state index >= 15 is 0 Å². The first-order valence-corrected chi connectivity index (χ1v) is 7.92. The molecule has 0 bridgehead atoms. The van der Waals surface area contributed by atoms with E-state index in [2.05, 4.69) is 16.9 Å². The number of fused-ring (bicyclic) bond motifs is 1. The molecule has 0 saturated carbocycles. The molecule has 118 valence electrons. The molecule has 2 aromatic carbocycles. The predicted octanol–water partition coefficient (Wildman–Crippen LogP) is 4.42. The molecule has 0 aliphatic heterocycles. The molecule has 3 rings (SSSR count). The molecule has 0 saturated heterocycles. The normalized spacial score (nSPS) is 12.3. The fourth-order valence-electron chi connectivity index (χ4n) is 2.27. The third-order valence-electron chi connectivity index (χ3n) is 3.72. The molecule has 0 aliphatic rings. The largest absolute Gasteiger partial charge is 0.489 e. The molecule has 0 radical (unpaired) electrons. The number of hydrogen-bond acceptors (Lipinski definition) is 3. The number of halogens is 1. The summed E-state index contributed by atoms with van der Waals surface area (Å²) in [6.45, 7) is 4.04. The summed E-state index contributed by atoms with van der Waals surface area (Å²) in [6.07, 6.45) is 0.995. The van der Waals surface area contributed by atoms with Gasteiger partial charge in [0, 0.05) is 5.56 Å². The molecule has 0 aliphatic carbocycles. The minimum atomic E-state index is -0.165. The number of para-hydroxylation sites is 1. The first-order chi connectivity index (χ1) is 11.1. The van der Waals surface area contributed by atoms with Crippen molar-refractivity contribution < 1.29 is 4.74 Å². The third kappa shape index (κ3) is 3.22. The van der Waals surface area contributed by atoms with E-state index < -0.39 is 0 Å². The van der Waals surface area contributed by atoms with Gasteiger partial charge < -0.3 is 9.72 Å². The number of aromatic nitrogens is 2. The molecule has 0 amide bonds. The van der Waals surface area contributed by atoms with Crippen molar-refractivity contribution in [3.8, 4) is 17.1 Å². The van der Waals surface area contributed by atoms with E-state index in [-0.39, 0.29) is 11.7 Å². The van der Waals surface area contributed by atoms with Gasteiger partial charge in [0.2, 0.25) is 0 Å². The zero-order valence-corrected chi connectivity index (χ0v) is 13.7. The molecular formula is C18H17ClN2O2. The molecule has 0 fully saturated rings. The fourth-order valence-corrected chi connectivity index (χ4v) is 2.49. The monoisotopic (exact) mass is 328 g/mol. The standard InChI is InChI=1S/C18H17ClN2O2/c1-3-11(2)23-16-9-8-12(10-14(16)19)17-20-15-7-5-4-6-13(15)18(22)21-17/h4-11H,3H2,1-2H3,(H,20,21,22). The van der Waals surface area contributed by atoms with Crippen LogP contribution in [0.4, 0.5) is 0 Å². The Morgan fingerprint density at radius 3 is 2.78 bits per heavy atom. The van der Waals surface area contributed by atoms with E-state index in [1.165, 1.54) is 0 Å². The maximum Gasteiger partial charge on any atom is 0.259 e. The number of hydrogen-bond donors (Lipinski definition) is 1. The lowest BCUT2D eigenvalue weighted by Crippen LogP contribution is -2.10. The molecular weight excluding hydrogens is 312 g/mol. The fraction of sp³-hybridized carbons (Fsp3) is 0.222. The summed E-state index contributed by atoms with van der Waals surface area (Å²) >= 11 is 6.29. The first-order valence-electron chi connectivity index (χ1n) is 7.54. The Hall–Kier alpha value is -2.33. The van der Waals surface area contributed by atoms with Gasteiger partial charge in [0.25, 0.3) is 5.56 Å². The van der Waals surface area contributed by atoms with Gasteiger partial charge in [-0.1, -0.05) is 30.7 Å². The summed E-state index contributed by atoms with van der Waals surface area (Å²) in [5.74, 6) is 1.12. The van der Waals surface area contributed by atoms with Crippen molar-refractivity contribution in [2.45, 2.75) is 26.4 Å². The van der Waals surface area contributed by atoms with E-state index in [1.807, 2.05) is 31.2 Å². The summed E-state index contributed by atoms with van der Waals surface area (Å²) in [7, 11) is 0. The highest BCUT2D eigenvalue weighted by atomic mass is 35.5. The summed E-state index contributed by atoms with van der Waals surface area (Å²) in [5.41, 5.74) is 1.23. The van der Waals surface area contributed by atoms with Crippen LogP contribution >= 0.6 is 11.6 Å². The van der Waals surface area contributed by atoms with Crippen molar-refractivity contribution in [1.29, 1.82) is 0 Å². The second-order valence-corrected chi connectivity index (χ2v) is 5.82. The van der Waals surface area contributed by atoms with E-state index in [1.54, 1.807) is 18.2 Å². The summed E-state index contributed by atoms with van der Waals surface area (Å²) in [4.78, 5) is 19.5. The van der Waals surface area contributed by atoms with Crippen molar-refractivity contribution in [3.63, 3.8) is 0 Å². The zero-order valence-electron chi connectivity index (χ0n) is 13.0. The highest BCUT2D eigenvalue weighted by molar-refractivity contribution is 6.32. The van der Waals surface area contributed by atoms with Crippen molar-refractivity contribution in [2.75, 3.05) is 0 Å². The quantitative estimate of drug-likeness (QED) is 0.771. The molecule has 0 spiro atoms. The van der Waals surface area contributed by atoms with Gasteiger partial charge in [0.05, 0.1) is 22.0 Å². The minimum Gasteiger partial charge on any atom is -0.489 e. The molecule has 1 atom stereocenters. The second kappa shape index (κ2) is 6.42. The lowest BCUT2D eigenvalue weighted by molar-refractivity contribution is 0.217. The van der Waals surface area contributed by atoms with E-state index in [0.29, 0.717) is 27.5 Å². The SMILES string of the molecule is CCC(C)Oc1ccc(-c2nc3ccccc3c(=O)[nH]2)cc1Cl. The highest BCUT2D eigenvalue weighted by Crippen LogP contribution is 2.30. The van der Waals surface area contributed by atoms with Gasteiger partial charge in [-0.2, -0.15) is 0 Å². The molecule has 5 heteroatoms. The molecule has 1 aromatic heterocycles. The van der Waals surface area contributed by atoms with Crippen molar-refractivity contribution >= 4 is 22.5 Å². The summed E-state index contributed by atoms with van der Waals surface area (Å²) < 4.78 is 5.75.